The highest BCUT2D eigenvalue weighted by Gasteiger charge is 2.28. The summed E-state index contributed by atoms with van der Waals surface area (Å²) in [6.45, 7) is 7.28. The molecule has 2 rings (SSSR count). The molecule has 0 N–H and O–H groups in total. The normalized spacial score (nSPS) is 18.2. The fourth-order valence-corrected chi connectivity index (χ4v) is 2.13. The number of carbonyl (C=O) groups excluding carboxylic acids is 1. The first kappa shape index (κ1) is 17.1. The number of benzene rings is 1. The second-order valence-corrected chi connectivity index (χ2v) is 6.37. The number of carbonyl (C=O) groups is 1. The maximum atomic E-state index is 12.1. The predicted octanol–water partition coefficient (Wildman–Crippen LogP) is 2.57. The molecule has 0 radical (unpaired) electrons. The Bertz CT molecular complexity index is 572. The molecule has 1 unspecified atom stereocenters. The number of hydrogen-bond acceptors (Lipinski definition) is 5. The van der Waals surface area contributed by atoms with Crippen LogP contribution in [0.2, 0.25) is 0 Å². The van der Waals surface area contributed by atoms with Gasteiger partial charge in [0.25, 0.3) is 0 Å². The van der Waals surface area contributed by atoms with Crippen LogP contribution in [-0.2, 0) is 9.47 Å². The Balaban J connectivity index is 1.84. The van der Waals surface area contributed by atoms with Crippen molar-refractivity contribution in [3.8, 4) is 11.8 Å². The molecular formula is C17H22N2O4. The summed E-state index contributed by atoms with van der Waals surface area (Å²) < 4.78 is 16.7. The van der Waals surface area contributed by atoms with Gasteiger partial charge in [-0.2, -0.15) is 5.26 Å². The molecule has 1 fully saturated rings. The lowest BCUT2D eigenvalue weighted by Gasteiger charge is -2.34. The monoisotopic (exact) mass is 318 g/mol. The summed E-state index contributed by atoms with van der Waals surface area (Å²) in [5, 5.41) is 8.76. The number of amides is 1. The zero-order chi connectivity index (χ0) is 16.9. The van der Waals surface area contributed by atoms with Crippen LogP contribution in [0, 0.1) is 11.3 Å². The van der Waals surface area contributed by atoms with E-state index in [-0.39, 0.29) is 12.2 Å². The topological polar surface area (TPSA) is 71.8 Å². The van der Waals surface area contributed by atoms with Crippen molar-refractivity contribution in [1.29, 1.82) is 5.26 Å². The van der Waals surface area contributed by atoms with E-state index in [2.05, 4.69) is 6.07 Å². The molecule has 1 heterocycles. The van der Waals surface area contributed by atoms with Crippen molar-refractivity contribution in [3.63, 3.8) is 0 Å². The number of ether oxygens (including phenoxy) is 3. The van der Waals surface area contributed by atoms with E-state index in [0.29, 0.717) is 37.6 Å². The summed E-state index contributed by atoms with van der Waals surface area (Å²) in [4.78, 5) is 13.7. The first-order chi connectivity index (χ1) is 10.9. The molecular weight excluding hydrogens is 296 g/mol. The second kappa shape index (κ2) is 7.34. The summed E-state index contributed by atoms with van der Waals surface area (Å²) >= 11 is 0. The third-order valence-electron chi connectivity index (χ3n) is 3.21. The van der Waals surface area contributed by atoms with E-state index in [1.807, 2.05) is 20.8 Å². The molecule has 1 aliphatic heterocycles. The predicted molar refractivity (Wildman–Crippen MR) is 84.2 cm³/mol. The second-order valence-electron chi connectivity index (χ2n) is 6.37. The minimum Gasteiger partial charge on any atom is -0.491 e. The van der Waals surface area contributed by atoms with Gasteiger partial charge in [0.1, 0.15) is 24.1 Å². The molecule has 0 aromatic heterocycles. The van der Waals surface area contributed by atoms with Gasteiger partial charge in [0.05, 0.1) is 24.8 Å². The maximum Gasteiger partial charge on any atom is 0.410 e. The van der Waals surface area contributed by atoms with Crippen molar-refractivity contribution in [1.82, 2.24) is 4.90 Å². The van der Waals surface area contributed by atoms with Gasteiger partial charge in [0.15, 0.2) is 0 Å². The van der Waals surface area contributed by atoms with Crippen molar-refractivity contribution in [3.05, 3.63) is 29.8 Å². The van der Waals surface area contributed by atoms with Crippen LogP contribution in [0.1, 0.15) is 26.3 Å². The van der Waals surface area contributed by atoms with Crippen LogP contribution in [0.3, 0.4) is 0 Å². The Labute approximate surface area is 136 Å². The molecule has 1 saturated heterocycles. The Morgan fingerprint density at radius 3 is 2.70 bits per heavy atom. The van der Waals surface area contributed by atoms with E-state index >= 15 is 0 Å². The standard InChI is InChI=1S/C17H22N2O4/c1-17(2,3)23-16(20)19-8-9-21-15(11-19)12-22-14-6-4-13(10-18)5-7-14/h4-7,15H,8-9,11-12H2,1-3H3. The van der Waals surface area contributed by atoms with E-state index in [9.17, 15) is 4.79 Å². The number of hydrogen-bond donors (Lipinski definition) is 0. The lowest BCUT2D eigenvalue weighted by atomic mass is 10.2. The number of nitrogens with zero attached hydrogens (tertiary/aromatic N) is 2. The molecule has 0 saturated carbocycles. The molecule has 0 spiro atoms. The van der Waals surface area contributed by atoms with Gasteiger partial charge in [0.2, 0.25) is 0 Å². The average molecular weight is 318 g/mol. The Morgan fingerprint density at radius 2 is 2.09 bits per heavy atom. The van der Waals surface area contributed by atoms with E-state index in [4.69, 9.17) is 19.5 Å². The molecule has 1 aliphatic rings. The highest BCUT2D eigenvalue weighted by Crippen LogP contribution is 2.15. The van der Waals surface area contributed by atoms with Gasteiger partial charge in [-0.25, -0.2) is 4.79 Å². The Kier molecular flexibility index (Phi) is 5.45. The Hall–Kier alpha value is -2.26. The lowest BCUT2D eigenvalue weighted by molar-refractivity contribution is -0.0557. The van der Waals surface area contributed by atoms with Crippen molar-refractivity contribution < 1.29 is 19.0 Å². The van der Waals surface area contributed by atoms with E-state index in [0.717, 1.165) is 0 Å². The van der Waals surface area contributed by atoms with Gasteiger partial charge in [-0.3, -0.25) is 0 Å². The van der Waals surface area contributed by atoms with Crippen molar-refractivity contribution >= 4 is 6.09 Å². The Morgan fingerprint density at radius 1 is 1.39 bits per heavy atom. The van der Waals surface area contributed by atoms with E-state index < -0.39 is 5.60 Å². The summed E-state index contributed by atoms with van der Waals surface area (Å²) in [5.74, 6) is 0.669. The minimum atomic E-state index is -0.510. The molecule has 6 nitrogen and oxygen atoms in total. The van der Waals surface area contributed by atoms with Gasteiger partial charge < -0.3 is 19.1 Å². The first-order valence-electron chi connectivity index (χ1n) is 7.60. The first-order valence-corrected chi connectivity index (χ1v) is 7.60. The molecule has 0 aliphatic carbocycles. The molecule has 124 valence electrons. The third kappa shape index (κ3) is 5.46. The molecule has 1 atom stereocenters. The van der Waals surface area contributed by atoms with Crippen LogP contribution in [0.4, 0.5) is 4.79 Å². The fourth-order valence-electron chi connectivity index (χ4n) is 2.13. The number of rotatable bonds is 3. The van der Waals surface area contributed by atoms with Crippen molar-refractivity contribution in [2.75, 3.05) is 26.3 Å². The van der Waals surface area contributed by atoms with Crippen LogP contribution in [0.25, 0.3) is 0 Å². The average Bonchev–Trinajstić information content (AvgIpc) is 2.52. The van der Waals surface area contributed by atoms with E-state index in [1.165, 1.54) is 0 Å². The lowest BCUT2D eigenvalue weighted by Crippen LogP contribution is -2.49. The van der Waals surface area contributed by atoms with Crippen LogP contribution in [0.15, 0.2) is 24.3 Å². The van der Waals surface area contributed by atoms with E-state index in [1.54, 1.807) is 29.2 Å². The summed E-state index contributed by atoms with van der Waals surface area (Å²) in [5.41, 5.74) is 0.0755. The van der Waals surface area contributed by atoms with Crippen LogP contribution >= 0.6 is 0 Å². The zero-order valence-electron chi connectivity index (χ0n) is 13.7. The van der Waals surface area contributed by atoms with Crippen LogP contribution < -0.4 is 4.74 Å². The van der Waals surface area contributed by atoms with Crippen LogP contribution in [0.5, 0.6) is 5.75 Å². The largest absolute Gasteiger partial charge is 0.491 e. The highest BCUT2D eigenvalue weighted by molar-refractivity contribution is 5.68. The van der Waals surface area contributed by atoms with Crippen molar-refractivity contribution in [2.45, 2.75) is 32.5 Å². The molecule has 23 heavy (non-hydrogen) atoms. The van der Waals surface area contributed by atoms with Crippen LogP contribution in [-0.4, -0.2) is 49.0 Å². The summed E-state index contributed by atoms with van der Waals surface area (Å²) in [6, 6.07) is 8.94. The number of nitriles is 1. The quantitative estimate of drug-likeness (QED) is 0.856. The van der Waals surface area contributed by atoms with Gasteiger partial charge in [-0.05, 0) is 45.0 Å². The van der Waals surface area contributed by atoms with Gasteiger partial charge >= 0.3 is 6.09 Å². The highest BCUT2D eigenvalue weighted by atomic mass is 16.6. The van der Waals surface area contributed by atoms with Gasteiger partial charge in [0, 0.05) is 6.54 Å². The third-order valence-corrected chi connectivity index (χ3v) is 3.21. The molecule has 1 aromatic carbocycles. The number of morpholine rings is 1. The SMILES string of the molecule is CC(C)(C)OC(=O)N1CCOC(COc2ccc(C#N)cc2)C1. The fraction of sp³-hybridized carbons (Fsp3) is 0.529. The molecule has 6 heteroatoms. The van der Waals surface area contributed by atoms with Gasteiger partial charge in [-0.1, -0.05) is 0 Å². The van der Waals surface area contributed by atoms with Gasteiger partial charge in [-0.15, -0.1) is 0 Å². The zero-order valence-corrected chi connectivity index (χ0v) is 13.7. The maximum absolute atomic E-state index is 12.1. The smallest absolute Gasteiger partial charge is 0.410 e. The molecule has 0 bridgehead atoms. The van der Waals surface area contributed by atoms with Crippen molar-refractivity contribution in [2.24, 2.45) is 0 Å². The summed E-state index contributed by atoms with van der Waals surface area (Å²) in [6.07, 6.45) is -0.531. The summed E-state index contributed by atoms with van der Waals surface area (Å²) in [7, 11) is 0. The minimum absolute atomic E-state index is 0.202. The molecule has 1 amide bonds. The molecule has 1 aromatic rings.